The predicted octanol–water partition coefficient (Wildman–Crippen LogP) is -2.16. The van der Waals surface area contributed by atoms with E-state index in [1.54, 1.807) is 0 Å². The Hall–Kier alpha value is -1.22. The van der Waals surface area contributed by atoms with Crippen molar-refractivity contribution in [3.05, 3.63) is 0 Å². The molecule has 0 aliphatic rings. The van der Waals surface area contributed by atoms with Gasteiger partial charge in [0.2, 0.25) is 0 Å². The highest BCUT2D eigenvalue weighted by Crippen LogP contribution is 2.12. The quantitative estimate of drug-likeness (QED) is 0.0656. The van der Waals surface area contributed by atoms with Gasteiger partial charge in [-0.1, -0.05) is 0 Å². The molecule has 18 nitrogen and oxygen atoms in total. The summed E-state index contributed by atoms with van der Waals surface area (Å²) >= 11 is 18.4. The minimum atomic E-state index is -1.11. The molecule has 13 N–H and O–H groups in total. The van der Waals surface area contributed by atoms with Crippen LogP contribution in [0.4, 0.5) is 0 Å². The number of carboxylic acid groups (broad SMARTS) is 5. The van der Waals surface area contributed by atoms with E-state index in [2.05, 4.69) is 63.1 Å². The van der Waals surface area contributed by atoms with Gasteiger partial charge >= 0.3 is 29.8 Å². The molecule has 0 saturated carbocycles. The Bertz CT molecular complexity index is 594. The van der Waals surface area contributed by atoms with Gasteiger partial charge in [-0.2, -0.15) is 63.1 Å². The highest BCUT2D eigenvalue weighted by Gasteiger charge is 2.27. The Kier molecular flexibility index (Phi) is 61.8. The van der Waals surface area contributed by atoms with E-state index in [0.29, 0.717) is 28.8 Å². The summed E-state index contributed by atoms with van der Waals surface area (Å²) in [5.41, 5.74) is -2.22. The molecule has 0 aromatic heterocycles. The second-order valence-corrected chi connectivity index (χ2v) is 10.8. The van der Waals surface area contributed by atoms with E-state index in [1.807, 2.05) is 0 Å². The van der Waals surface area contributed by atoms with Crippen LogP contribution in [-0.2, 0) is 24.0 Å². The van der Waals surface area contributed by atoms with Gasteiger partial charge < -0.3 is 66.4 Å². The number of aliphatic carboxylic acids is 5. The number of carbonyl (C=O) groups is 5. The molecule has 292 valence electrons. The predicted molar refractivity (Wildman–Crippen MR) is 192 cm³/mol. The first-order valence-electron chi connectivity index (χ1n) is 13.3. The zero-order valence-corrected chi connectivity index (χ0v) is 30.8. The summed E-state index contributed by atoms with van der Waals surface area (Å²) < 4.78 is 0. The van der Waals surface area contributed by atoms with Gasteiger partial charge in [0.05, 0.1) is 95.8 Å². The topological polar surface area (TPSA) is 348 Å². The fourth-order valence-corrected chi connectivity index (χ4v) is 2.03. The SMILES string of the molecule is O=C(O)CCS.O=C(O)CCS.O=C(O)CCS.O=C(O)CCS.O=C(O)CCS.OCC(CO)(CO)CO.OCC(CO)(CO)CO. The number of aliphatic hydroxyl groups excluding tert-OH is 8. The molecule has 0 bridgehead atoms. The van der Waals surface area contributed by atoms with Crippen molar-refractivity contribution in [3.63, 3.8) is 0 Å². The van der Waals surface area contributed by atoms with E-state index in [0.717, 1.165) is 0 Å². The lowest BCUT2D eigenvalue weighted by Crippen LogP contribution is -2.37. The van der Waals surface area contributed by atoms with Crippen LogP contribution in [-0.4, -0.2) is 178 Å². The molecule has 0 atom stereocenters. The third-order valence-electron chi connectivity index (χ3n) is 4.31. The van der Waals surface area contributed by atoms with Crippen LogP contribution in [0.3, 0.4) is 0 Å². The Morgan fingerprint density at radius 3 is 0.417 bits per heavy atom. The maximum Gasteiger partial charge on any atom is 0.304 e. The van der Waals surface area contributed by atoms with Crippen molar-refractivity contribution in [1.29, 1.82) is 0 Å². The maximum absolute atomic E-state index is 9.55. The van der Waals surface area contributed by atoms with Crippen LogP contribution >= 0.6 is 63.1 Å². The Labute approximate surface area is 306 Å². The van der Waals surface area contributed by atoms with Crippen LogP contribution in [0, 0.1) is 10.8 Å². The fourth-order valence-electron chi connectivity index (χ4n) is 1.08. The number of aliphatic hydroxyl groups is 8. The van der Waals surface area contributed by atoms with Crippen LogP contribution in [0.25, 0.3) is 0 Å². The minimum Gasteiger partial charge on any atom is -0.481 e. The summed E-state index contributed by atoms with van der Waals surface area (Å²) in [7, 11) is 0. The van der Waals surface area contributed by atoms with Gasteiger partial charge in [-0.3, -0.25) is 24.0 Å². The molecule has 0 aromatic carbocycles. The van der Waals surface area contributed by atoms with Gasteiger partial charge in [0.1, 0.15) is 0 Å². The van der Waals surface area contributed by atoms with E-state index in [-0.39, 0.29) is 32.1 Å². The smallest absolute Gasteiger partial charge is 0.304 e. The molecule has 0 rings (SSSR count). The van der Waals surface area contributed by atoms with Gasteiger partial charge in [-0.05, 0) is 0 Å². The van der Waals surface area contributed by atoms with Crippen LogP contribution in [0.5, 0.6) is 0 Å². The summed E-state index contributed by atoms with van der Waals surface area (Å²) in [6.07, 6.45) is 0.779. The molecule has 0 spiro atoms. The molecule has 0 aliphatic heterocycles. The average Bonchev–Trinajstić information content (AvgIpc) is 3.02. The summed E-state index contributed by atoms with van der Waals surface area (Å²) in [5, 5.41) is 107. The zero-order valence-electron chi connectivity index (χ0n) is 26.3. The molecule has 0 radical (unpaired) electrons. The summed E-state index contributed by atoms with van der Waals surface area (Å²) in [5.74, 6) is -1.81. The van der Waals surface area contributed by atoms with Gasteiger partial charge in [0.25, 0.3) is 0 Å². The van der Waals surface area contributed by atoms with Crippen LogP contribution in [0.2, 0.25) is 0 Å². The molecule has 0 unspecified atom stereocenters. The normalized spacial score (nSPS) is 9.60. The van der Waals surface area contributed by atoms with Crippen LogP contribution < -0.4 is 0 Å². The van der Waals surface area contributed by atoms with Crippen LogP contribution in [0.15, 0.2) is 0 Å². The minimum absolute atomic E-state index is 0.156. The highest BCUT2D eigenvalue weighted by atomic mass is 32.1. The largest absolute Gasteiger partial charge is 0.481 e. The highest BCUT2D eigenvalue weighted by molar-refractivity contribution is 7.80. The van der Waals surface area contributed by atoms with Crippen molar-refractivity contribution in [2.75, 3.05) is 81.6 Å². The lowest BCUT2D eigenvalue weighted by atomic mass is 9.93. The molecule has 23 heteroatoms. The molecule has 0 amide bonds. The second-order valence-electron chi connectivity index (χ2n) is 8.60. The van der Waals surface area contributed by atoms with Gasteiger partial charge in [-0.15, -0.1) is 0 Å². The molecule has 0 aliphatic carbocycles. The van der Waals surface area contributed by atoms with Crippen LogP contribution in [0.1, 0.15) is 32.1 Å². The van der Waals surface area contributed by atoms with Crippen molar-refractivity contribution in [2.45, 2.75) is 32.1 Å². The number of rotatable bonds is 18. The van der Waals surface area contributed by atoms with Crippen molar-refractivity contribution < 1.29 is 90.4 Å². The van der Waals surface area contributed by atoms with Gasteiger partial charge in [0.15, 0.2) is 0 Å². The Morgan fingerprint density at radius 1 is 0.312 bits per heavy atom. The monoisotopic (exact) mass is 802 g/mol. The van der Waals surface area contributed by atoms with Crippen molar-refractivity contribution in [2.24, 2.45) is 10.8 Å². The standard InChI is InChI=1S/2C5H12O4.5C3H6O2S/c2*6-1-5(2-7,3-8)4-9;5*4-3(5)1-2-6/h2*6-9H,1-4H2;5*6H,1-2H2,(H,4,5). The van der Waals surface area contributed by atoms with E-state index < -0.39 is 93.5 Å². The third kappa shape index (κ3) is 60.1. The molecular weight excluding hydrogens is 749 g/mol. The molecule has 0 heterocycles. The van der Waals surface area contributed by atoms with Gasteiger partial charge in [-0.25, -0.2) is 0 Å². The maximum atomic E-state index is 9.55. The molecular formula is C25H54O18S5. The van der Waals surface area contributed by atoms with E-state index in [4.69, 9.17) is 66.4 Å². The molecule has 0 fully saturated rings. The van der Waals surface area contributed by atoms with Crippen molar-refractivity contribution in [1.82, 2.24) is 0 Å². The first-order chi connectivity index (χ1) is 22.3. The zero-order chi connectivity index (χ0) is 39.6. The number of hydrogen-bond acceptors (Lipinski definition) is 18. The summed E-state index contributed by atoms with van der Waals surface area (Å²) in [6.45, 7) is -3.25. The van der Waals surface area contributed by atoms with E-state index >= 15 is 0 Å². The lowest BCUT2D eigenvalue weighted by molar-refractivity contribution is -0.137. The van der Waals surface area contributed by atoms with E-state index in [9.17, 15) is 24.0 Å². The Balaban J connectivity index is -0.0000000825. The number of hydrogen-bond donors (Lipinski definition) is 18. The Morgan fingerprint density at radius 2 is 0.417 bits per heavy atom. The molecule has 48 heavy (non-hydrogen) atoms. The lowest BCUT2D eigenvalue weighted by Gasteiger charge is -2.23. The number of carboxylic acids is 5. The fraction of sp³-hybridized carbons (Fsp3) is 0.800. The average molecular weight is 803 g/mol. The van der Waals surface area contributed by atoms with E-state index in [1.165, 1.54) is 0 Å². The van der Waals surface area contributed by atoms with Gasteiger partial charge in [0, 0.05) is 28.8 Å². The van der Waals surface area contributed by atoms with Crippen molar-refractivity contribution in [3.8, 4) is 0 Å². The summed E-state index contributed by atoms with van der Waals surface area (Å²) in [4.78, 5) is 47.8. The number of thiol groups is 5. The second kappa shape index (κ2) is 47.9. The first-order valence-corrected chi connectivity index (χ1v) is 16.5. The van der Waals surface area contributed by atoms with Crippen molar-refractivity contribution >= 4 is 93.0 Å². The molecule has 0 aromatic rings. The first kappa shape index (κ1) is 62.0. The summed E-state index contributed by atoms with van der Waals surface area (Å²) in [6, 6.07) is 0. The third-order valence-corrected chi connectivity index (χ3v) is 5.43. The molecule has 0 saturated heterocycles.